The molecule has 3 saturated heterocycles. The summed E-state index contributed by atoms with van der Waals surface area (Å²) in [7, 11) is 1.36. The molecule has 11 nitrogen and oxygen atoms in total. The molecule has 3 unspecified atom stereocenters. The fourth-order valence-electron chi connectivity index (χ4n) is 6.11. The molecule has 2 bridgehead atoms. The SMILES string of the molecule is COC(=O)c1cnc2cc(Nc3cc(C)[nH]n3)nc(NC3CC4CCC(C3)N4C3CCCOC3=O)c2c1. The number of cyclic esters (lactones) is 1. The summed E-state index contributed by atoms with van der Waals surface area (Å²) in [6.45, 7) is 2.47. The van der Waals surface area contributed by atoms with E-state index in [-0.39, 0.29) is 18.1 Å². The van der Waals surface area contributed by atoms with Gasteiger partial charge in [-0.05, 0) is 51.5 Å². The van der Waals surface area contributed by atoms with Crippen molar-refractivity contribution in [1.29, 1.82) is 0 Å². The van der Waals surface area contributed by atoms with E-state index in [1.54, 1.807) is 6.07 Å². The first kappa shape index (κ1) is 23.7. The number of carbonyl (C=O) groups excluding carboxylic acids is 2. The van der Waals surface area contributed by atoms with Crippen LogP contribution in [-0.4, -0.2) is 74.9 Å². The smallest absolute Gasteiger partial charge is 0.339 e. The van der Waals surface area contributed by atoms with Crippen LogP contribution in [-0.2, 0) is 14.3 Å². The number of aromatic amines is 1. The lowest BCUT2D eigenvalue weighted by molar-refractivity contribution is -0.157. The first-order valence-electron chi connectivity index (χ1n) is 12.9. The maximum absolute atomic E-state index is 12.5. The van der Waals surface area contributed by atoms with E-state index >= 15 is 0 Å². The number of nitrogens with one attached hydrogen (secondary N) is 3. The number of rotatable bonds is 6. The van der Waals surface area contributed by atoms with Crippen molar-refractivity contribution in [2.45, 2.75) is 69.6 Å². The molecule has 3 N–H and O–H groups in total. The Morgan fingerprint density at radius 1 is 1.16 bits per heavy atom. The Kier molecular flexibility index (Phi) is 6.15. The van der Waals surface area contributed by atoms with Gasteiger partial charge in [0.05, 0.1) is 24.8 Å². The summed E-state index contributed by atoms with van der Waals surface area (Å²) in [4.78, 5) is 36.5. The van der Waals surface area contributed by atoms with Gasteiger partial charge >= 0.3 is 11.9 Å². The molecule has 6 rings (SSSR count). The molecule has 37 heavy (non-hydrogen) atoms. The first-order chi connectivity index (χ1) is 18.0. The quantitative estimate of drug-likeness (QED) is 0.428. The number of anilines is 3. The van der Waals surface area contributed by atoms with E-state index in [4.69, 9.17) is 14.5 Å². The lowest BCUT2D eigenvalue weighted by Gasteiger charge is -2.43. The van der Waals surface area contributed by atoms with E-state index in [1.807, 2.05) is 19.1 Å². The summed E-state index contributed by atoms with van der Waals surface area (Å²) in [5, 5.41) is 14.8. The van der Waals surface area contributed by atoms with E-state index in [9.17, 15) is 9.59 Å². The molecule has 11 heteroatoms. The van der Waals surface area contributed by atoms with E-state index < -0.39 is 5.97 Å². The minimum Gasteiger partial charge on any atom is -0.465 e. The second-order valence-electron chi connectivity index (χ2n) is 10.2. The zero-order valence-corrected chi connectivity index (χ0v) is 21.0. The molecule has 0 aliphatic carbocycles. The van der Waals surface area contributed by atoms with E-state index in [0.29, 0.717) is 47.2 Å². The third kappa shape index (κ3) is 4.59. The Balaban J connectivity index is 1.29. The van der Waals surface area contributed by atoms with Crippen LogP contribution in [0.1, 0.15) is 54.6 Å². The van der Waals surface area contributed by atoms with Crippen LogP contribution in [0, 0.1) is 6.92 Å². The fourth-order valence-corrected chi connectivity index (χ4v) is 6.11. The van der Waals surface area contributed by atoms with Gasteiger partial charge in [-0.15, -0.1) is 0 Å². The van der Waals surface area contributed by atoms with Crippen molar-refractivity contribution in [3.05, 3.63) is 35.7 Å². The molecule has 0 saturated carbocycles. The largest absolute Gasteiger partial charge is 0.465 e. The molecule has 194 valence electrons. The maximum atomic E-state index is 12.5. The number of nitrogens with zero attached hydrogens (tertiary/aromatic N) is 4. The average Bonchev–Trinajstić information content (AvgIpc) is 3.42. The summed E-state index contributed by atoms with van der Waals surface area (Å²) in [6, 6.07) is 6.22. The molecule has 3 aliphatic rings. The highest BCUT2D eigenvalue weighted by molar-refractivity contribution is 5.98. The molecule has 3 fully saturated rings. The highest BCUT2D eigenvalue weighted by Gasteiger charge is 2.47. The summed E-state index contributed by atoms with van der Waals surface area (Å²) >= 11 is 0. The van der Waals surface area contributed by atoms with Gasteiger partial charge in [0.1, 0.15) is 17.7 Å². The van der Waals surface area contributed by atoms with Crippen molar-refractivity contribution < 1.29 is 19.1 Å². The lowest BCUT2D eigenvalue weighted by Crippen LogP contribution is -2.55. The Bertz CT molecular complexity index is 1330. The number of ether oxygens (including phenoxy) is 2. The van der Waals surface area contributed by atoms with E-state index in [1.165, 1.54) is 13.3 Å². The van der Waals surface area contributed by atoms with Gasteiger partial charge in [0, 0.05) is 47.5 Å². The van der Waals surface area contributed by atoms with Crippen LogP contribution in [0.25, 0.3) is 10.9 Å². The van der Waals surface area contributed by atoms with Gasteiger partial charge < -0.3 is 20.1 Å². The maximum Gasteiger partial charge on any atom is 0.339 e. The minimum atomic E-state index is -0.444. The molecular formula is C26H31N7O4. The zero-order chi connectivity index (χ0) is 25.5. The molecule has 0 amide bonds. The van der Waals surface area contributed by atoms with Gasteiger partial charge in [-0.2, -0.15) is 5.10 Å². The molecular weight excluding hydrogens is 474 g/mol. The number of H-pyrrole nitrogens is 1. The molecule has 6 heterocycles. The van der Waals surface area contributed by atoms with Gasteiger partial charge in [0.25, 0.3) is 0 Å². The Morgan fingerprint density at radius 3 is 2.68 bits per heavy atom. The number of methoxy groups -OCH3 is 1. The standard InChI is InChI=1S/C26H31N7O4/c1-14-8-23(32-31-14)29-22-12-20-19(9-15(13-27-20)25(34)36-2)24(30-22)28-16-10-17-5-6-18(11-16)33(17)21-4-3-7-37-26(21)35/h8-9,12-13,16-18,21H,3-7,10-11H2,1-2H3,(H3,28,29,30,31,32). The zero-order valence-electron chi connectivity index (χ0n) is 21.0. The van der Waals surface area contributed by atoms with Crippen molar-refractivity contribution in [2.24, 2.45) is 0 Å². The van der Waals surface area contributed by atoms with E-state index in [0.717, 1.165) is 49.6 Å². The van der Waals surface area contributed by atoms with Crippen LogP contribution < -0.4 is 10.6 Å². The van der Waals surface area contributed by atoms with Gasteiger partial charge in [0.2, 0.25) is 0 Å². The van der Waals surface area contributed by atoms with Crippen LogP contribution in [0.3, 0.4) is 0 Å². The highest BCUT2D eigenvalue weighted by atomic mass is 16.5. The van der Waals surface area contributed by atoms with Gasteiger partial charge in [-0.1, -0.05) is 0 Å². The number of aromatic nitrogens is 4. The highest BCUT2D eigenvalue weighted by Crippen LogP contribution is 2.40. The number of piperidine rings is 1. The molecule has 0 aromatic carbocycles. The van der Waals surface area contributed by atoms with Crippen LogP contribution in [0.5, 0.6) is 0 Å². The first-order valence-corrected chi connectivity index (χ1v) is 12.9. The van der Waals surface area contributed by atoms with Crippen molar-refractivity contribution in [1.82, 2.24) is 25.1 Å². The van der Waals surface area contributed by atoms with Crippen LogP contribution in [0.4, 0.5) is 17.5 Å². The molecule has 0 spiro atoms. The number of pyridine rings is 2. The minimum absolute atomic E-state index is 0.0731. The van der Waals surface area contributed by atoms with Crippen LogP contribution >= 0.6 is 0 Å². The second-order valence-corrected chi connectivity index (χ2v) is 10.2. The molecule has 0 radical (unpaired) electrons. The fraction of sp³-hybridized carbons (Fsp3) is 0.500. The normalized spacial score (nSPS) is 25.6. The molecule has 3 aliphatic heterocycles. The summed E-state index contributed by atoms with van der Waals surface area (Å²) in [5.41, 5.74) is 2.01. The predicted octanol–water partition coefficient (Wildman–Crippen LogP) is 3.30. The molecule has 3 aromatic rings. The number of hydrogen-bond acceptors (Lipinski definition) is 10. The van der Waals surface area contributed by atoms with E-state index in [2.05, 4.69) is 30.7 Å². The number of carbonyl (C=O) groups is 2. The van der Waals surface area contributed by atoms with Crippen molar-refractivity contribution >= 4 is 40.3 Å². The Labute approximate surface area is 214 Å². The summed E-state index contributed by atoms with van der Waals surface area (Å²) < 4.78 is 10.3. The number of hydrogen-bond donors (Lipinski definition) is 3. The summed E-state index contributed by atoms with van der Waals surface area (Å²) in [6.07, 6.45) is 7.28. The Morgan fingerprint density at radius 2 is 1.97 bits per heavy atom. The average molecular weight is 506 g/mol. The summed E-state index contributed by atoms with van der Waals surface area (Å²) in [5.74, 6) is 1.40. The van der Waals surface area contributed by atoms with Crippen LogP contribution in [0.2, 0.25) is 0 Å². The van der Waals surface area contributed by atoms with Gasteiger partial charge in [-0.3, -0.25) is 19.8 Å². The van der Waals surface area contributed by atoms with Crippen LogP contribution in [0.15, 0.2) is 24.4 Å². The number of fused-ring (bicyclic) bond motifs is 3. The predicted molar refractivity (Wildman–Crippen MR) is 137 cm³/mol. The monoisotopic (exact) mass is 505 g/mol. The second kappa shape index (κ2) is 9.62. The van der Waals surface area contributed by atoms with Gasteiger partial charge in [0.15, 0.2) is 5.82 Å². The third-order valence-electron chi connectivity index (χ3n) is 7.69. The third-order valence-corrected chi connectivity index (χ3v) is 7.69. The lowest BCUT2D eigenvalue weighted by atomic mass is 9.93. The topological polar surface area (TPSA) is 134 Å². The Hall–Kier alpha value is -3.73. The van der Waals surface area contributed by atoms with Crippen molar-refractivity contribution in [2.75, 3.05) is 24.4 Å². The number of aryl methyl sites for hydroxylation is 1. The molecule has 3 aromatic heterocycles. The van der Waals surface area contributed by atoms with Crippen molar-refractivity contribution in [3.63, 3.8) is 0 Å². The number of esters is 2. The van der Waals surface area contributed by atoms with Gasteiger partial charge in [-0.25, -0.2) is 9.78 Å². The molecule has 3 atom stereocenters. The van der Waals surface area contributed by atoms with Crippen molar-refractivity contribution in [3.8, 4) is 0 Å².